The van der Waals surface area contributed by atoms with Crippen LogP contribution in [0.5, 0.6) is 11.5 Å². The number of nitrogens with one attached hydrogen (secondary N) is 1. The minimum Gasteiger partial charge on any atom is -0.496 e. The van der Waals surface area contributed by atoms with E-state index in [4.69, 9.17) is 19.8 Å². The molecule has 0 aliphatic heterocycles. The lowest BCUT2D eigenvalue weighted by Gasteiger charge is -2.15. The van der Waals surface area contributed by atoms with Gasteiger partial charge in [-0.05, 0) is 49.4 Å². The highest BCUT2D eigenvalue weighted by Gasteiger charge is 2.20. The number of nitriles is 1. The average Bonchev–Trinajstić information content (AvgIpc) is 2.71. The monoisotopic (exact) mass is 382 g/mol. The van der Waals surface area contributed by atoms with Gasteiger partial charge in [0.25, 0.3) is 5.91 Å². The lowest BCUT2D eigenvalue weighted by Crippen LogP contribution is -2.38. The van der Waals surface area contributed by atoms with Crippen LogP contribution in [0, 0.1) is 11.3 Å². The van der Waals surface area contributed by atoms with Crippen LogP contribution in [0.4, 0.5) is 0 Å². The van der Waals surface area contributed by atoms with Crippen molar-refractivity contribution in [2.24, 2.45) is 0 Å². The summed E-state index contributed by atoms with van der Waals surface area (Å²) in [6.07, 6.45) is 0. The number of carboxylic acids is 1. The van der Waals surface area contributed by atoms with Gasteiger partial charge in [-0.3, -0.25) is 9.59 Å². The molecule has 0 radical (unpaired) electrons. The Balaban J connectivity index is 2.07. The maximum absolute atomic E-state index is 12.5. The van der Waals surface area contributed by atoms with Crippen molar-refractivity contribution in [1.82, 2.24) is 5.32 Å². The summed E-state index contributed by atoms with van der Waals surface area (Å²) in [5.74, 6) is -1.39. The third kappa shape index (κ3) is 5.08. The fourth-order valence-corrected chi connectivity index (χ4v) is 2.40. The SMILES string of the molecule is COc1cc(C#N)ccc1C(=O)NC(C)C(=O)c1ccc(OCC(=O)O)cc1. The van der Waals surface area contributed by atoms with Crippen LogP contribution in [0.1, 0.15) is 33.2 Å². The third-order valence-corrected chi connectivity index (χ3v) is 3.82. The van der Waals surface area contributed by atoms with Gasteiger partial charge in [0.2, 0.25) is 0 Å². The normalized spacial score (nSPS) is 11.0. The lowest BCUT2D eigenvalue weighted by atomic mass is 10.0. The predicted molar refractivity (Wildman–Crippen MR) is 98.5 cm³/mol. The summed E-state index contributed by atoms with van der Waals surface area (Å²) in [7, 11) is 1.38. The van der Waals surface area contributed by atoms with Crippen LogP contribution in [0.25, 0.3) is 0 Å². The van der Waals surface area contributed by atoms with Crippen LogP contribution in [-0.4, -0.2) is 42.5 Å². The van der Waals surface area contributed by atoms with Gasteiger partial charge >= 0.3 is 5.97 Å². The molecule has 0 fully saturated rings. The summed E-state index contributed by atoms with van der Waals surface area (Å²) in [6.45, 7) is 1.07. The predicted octanol–water partition coefficient (Wildman–Crippen LogP) is 2.03. The molecular weight excluding hydrogens is 364 g/mol. The molecule has 2 aromatic rings. The fraction of sp³-hybridized carbons (Fsp3) is 0.200. The number of amides is 1. The van der Waals surface area contributed by atoms with Gasteiger partial charge in [0, 0.05) is 5.56 Å². The van der Waals surface area contributed by atoms with Gasteiger partial charge in [-0.1, -0.05) is 0 Å². The second-order valence-electron chi connectivity index (χ2n) is 5.79. The number of carbonyl (C=O) groups excluding carboxylic acids is 2. The van der Waals surface area contributed by atoms with Crippen LogP contribution >= 0.6 is 0 Å². The van der Waals surface area contributed by atoms with Crippen molar-refractivity contribution in [3.05, 3.63) is 59.2 Å². The zero-order chi connectivity index (χ0) is 20.7. The van der Waals surface area contributed by atoms with Crippen molar-refractivity contribution in [2.75, 3.05) is 13.7 Å². The first-order chi connectivity index (χ1) is 13.3. The van der Waals surface area contributed by atoms with Gasteiger partial charge in [0.1, 0.15) is 11.5 Å². The Bertz CT molecular complexity index is 931. The Morgan fingerprint density at radius 1 is 1.18 bits per heavy atom. The summed E-state index contributed by atoms with van der Waals surface area (Å²) < 4.78 is 10.1. The first-order valence-electron chi connectivity index (χ1n) is 8.23. The Kier molecular flexibility index (Phi) is 6.71. The average molecular weight is 382 g/mol. The van der Waals surface area contributed by atoms with Crippen molar-refractivity contribution < 1.29 is 29.0 Å². The molecule has 28 heavy (non-hydrogen) atoms. The number of ketones is 1. The summed E-state index contributed by atoms with van der Waals surface area (Å²) in [6, 6.07) is 11.5. The molecule has 0 heterocycles. The fourth-order valence-electron chi connectivity index (χ4n) is 2.40. The minimum absolute atomic E-state index is 0.207. The number of carboxylic acid groups (broad SMARTS) is 1. The lowest BCUT2D eigenvalue weighted by molar-refractivity contribution is -0.139. The van der Waals surface area contributed by atoms with E-state index < -0.39 is 24.5 Å². The molecule has 0 spiro atoms. The molecule has 2 N–H and O–H groups in total. The molecule has 1 unspecified atom stereocenters. The molecule has 0 saturated heterocycles. The van der Waals surface area contributed by atoms with Gasteiger partial charge < -0.3 is 19.9 Å². The second kappa shape index (κ2) is 9.19. The number of nitrogens with zero attached hydrogens (tertiary/aromatic N) is 1. The number of aliphatic carboxylic acids is 1. The van der Waals surface area contributed by atoms with Crippen molar-refractivity contribution in [3.8, 4) is 17.6 Å². The Morgan fingerprint density at radius 2 is 1.86 bits per heavy atom. The molecule has 1 atom stereocenters. The maximum atomic E-state index is 12.5. The van der Waals surface area contributed by atoms with Crippen molar-refractivity contribution in [2.45, 2.75) is 13.0 Å². The highest BCUT2D eigenvalue weighted by atomic mass is 16.5. The number of hydrogen-bond acceptors (Lipinski definition) is 6. The van der Waals surface area contributed by atoms with E-state index in [0.717, 1.165) is 0 Å². The van der Waals surface area contributed by atoms with Crippen LogP contribution in [0.15, 0.2) is 42.5 Å². The maximum Gasteiger partial charge on any atom is 0.341 e. The number of rotatable bonds is 8. The van der Waals surface area contributed by atoms with Gasteiger partial charge in [-0.2, -0.15) is 5.26 Å². The third-order valence-electron chi connectivity index (χ3n) is 3.82. The van der Waals surface area contributed by atoms with Crippen molar-refractivity contribution in [1.29, 1.82) is 5.26 Å². The summed E-state index contributed by atoms with van der Waals surface area (Å²) in [5, 5.41) is 20.1. The molecule has 144 valence electrons. The highest BCUT2D eigenvalue weighted by molar-refractivity contribution is 6.05. The minimum atomic E-state index is -1.10. The van der Waals surface area contributed by atoms with Gasteiger partial charge in [0.05, 0.1) is 30.3 Å². The van der Waals surface area contributed by atoms with Crippen LogP contribution in [-0.2, 0) is 4.79 Å². The Morgan fingerprint density at radius 3 is 2.43 bits per heavy atom. The number of carbonyl (C=O) groups is 3. The van der Waals surface area contributed by atoms with E-state index >= 15 is 0 Å². The Hall–Kier alpha value is -3.86. The van der Waals surface area contributed by atoms with E-state index in [-0.39, 0.29) is 17.1 Å². The molecular formula is C20H18N2O6. The van der Waals surface area contributed by atoms with E-state index in [9.17, 15) is 14.4 Å². The standard InChI is InChI=1S/C20H18N2O6/c1-12(19(25)14-4-6-15(7-5-14)28-11-18(23)24)22-20(26)16-8-3-13(10-21)9-17(16)27-2/h3-9,12H,11H2,1-2H3,(H,22,26)(H,23,24). The number of hydrogen-bond donors (Lipinski definition) is 2. The number of ether oxygens (including phenoxy) is 2. The molecule has 0 aromatic heterocycles. The van der Waals surface area contributed by atoms with E-state index in [2.05, 4.69) is 5.32 Å². The van der Waals surface area contributed by atoms with E-state index in [1.807, 2.05) is 6.07 Å². The van der Waals surface area contributed by atoms with E-state index in [1.54, 1.807) is 6.92 Å². The summed E-state index contributed by atoms with van der Waals surface area (Å²) >= 11 is 0. The van der Waals surface area contributed by atoms with E-state index in [1.165, 1.54) is 49.6 Å². The molecule has 0 aliphatic rings. The first-order valence-corrected chi connectivity index (χ1v) is 8.23. The number of Topliss-reactive ketones (excluding diaryl/α,β-unsaturated/α-hetero) is 1. The molecule has 8 nitrogen and oxygen atoms in total. The van der Waals surface area contributed by atoms with Gasteiger partial charge in [-0.25, -0.2) is 4.79 Å². The largest absolute Gasteiger partial charge is 0.496 e. The molecule has 8 heteroatoms. The van der Waals surface area contributed by atoms with Crippen molar-refractivity contribution >= 4 is 17.7 Å². The van der Waals surface area contributed by atoms with Crippen LogP contribution < -0.4 is 14.8 Å². The topological polar surface area (TPSA) is 126 Å². The Labute approximate surface area is 161 Å². The van der Waals surface area contributed by atoms with Gasteiger partial charge in [-0.15, -0.1) is 0 Å². The number of methoxy groups -OCH3 is 1. The van der Waals surface area contributed by atoms with E-state index in [0.29, 0.717) is 16.9 Å². The molecule has 2 rings (SSSR count). The zero-order valence-electron chi connectivity index (χ0n) is 15.3. The summed E-state index contributed by atoms with van der Waals surface area (Å²) in [4.78, 5) is 35.5. The van der Waals surface area contributed by atoms with Crippen LogP contribution in [0.2, 0.25) is 0 Å². The molecule has 0 aliphatic carbocycles. The van der Waals surface area contributed by atoms with Gasteiger partial charge in [0.15, 0.2) is 12.4 Å². The highest BCUT2D eigenvalue weighted by Crippen LogP contribution is 2.20. The summed E-state index contributed by atoms with van der Waals surface area (Å²) in [5.41, 5.74) is 0.892. The molecule has 0 bridgehead atoms. The quantitative estimate of drug-likeness (QED) is 0.669. The molecule has 0 saturated carbocycles. The zero-order valence-corrected chi connectivity index (χ0v) is 15.3. The smallest absolute Gasteiger partial charge is 0.341 e. The number of benzene rings is 2. The van der Waals surface area contributed by atoms with Crippen LogP contribution in [0.3, 0.4) is 0 Å². The second-order valence-corrected chi connectivity index (χ2v) is 5.79. The first kappa shape index (κ1) is 20.5. The molecule has 2 aromatic carbocycles. The molecule has 1 amide bonds. The van der Waals surface area contributed by atoms with Crippen molar-refractivity contribution in [3.63, 3.8) is 0 Å².